The molecule has 0 spiro atoms. The first-order valence-electron chi connectivity index (χ1n) is 5.21. The highest BCUT2D eigenvalue weighted by Gasteiger charge is 2.29. The van der Waals surface area contributed by atoms with Crippen molar-refractivity contribution in [2.75, 3.05) is 13.6 Å². The average Bonchev–Trinajstić information content (AvgIpc) is 2.83. The van der Waals surface area contributed by atoms with Crippen molar-refractivity contribution in [3.05, 3.63) is 22.4 Å². The number of likely N-dealkylation sites (N-methyl/N-ethyl adjacent to an activating group) is 1. The maximum Gasteiger partial charge on any atom is 0.239 e. The Balaban J connectivity index is 1.95. The summed E-state index contributed by atoms with van der Waals surface area (Å²) in [4.78, 5) is 13.5. The first-order chi connectivity index (χ1) is 7.18. The molecule has 1 aliphatic heterocycles. The van der Waals surface area contributed by atoms with Gasteiger partial charge in [-0.2, -0.15) is 11.3 Å². The fraction of sp³-hybridized carbons (Fsp3) is 0.545. The molecule has 82 valence electrons. The van der Waals surface area contributed by atoms with Crippen LogP contribution in [0.15, 0.2) is 16.8 Å². The lowest BCUT2D eigenvalue weighted by molar-refractivity contribution is -0.128. The minimum atomic E-state index is 0.00454. The lowest BCUT2D eigenvalue weighted by Gasteiger charge is -2.17. The van der Waals surface area contributed by atoms with E-state index < -0.39 is 0 Å². The average molecular weight is 224 g/mol. The van der Waals surface area contributed by atoms with Gasteiger partial charge in [-0.1, -0.05) is 0 Å². The number of amides is 1. The first-order valence-corrected chi connectivity index (χ1v) is 6.16. The van der Waals surface area contributed by atoms with Crippen molar-refractivity contribution in [2.45, 2.75) is 25.4 Å². The van der Waals surface area contributed by atoms with Gasteiger partial charge in [0.05, 0.1) is 6.04 Å². The number of hydrogen-bond donors (Lipinski definition) is 1. The molecular weight excluding hydrogens is 208 g/mol. The molecule has 2 unspecified atom stereocenters. The van der Waals surface area contributed by atoms with Crippen molar-refractivity contribution in [3.63, 3.8) is 0 Å². The number of carbonyl (C=O) groups is 1. The number of hydrogen-bond acceptors (Lipinski definition) is 3. The molecule has 1 fully saturated rings. The minimum absolute atomic E-state index is 0.00454. The molecular formula is C11H16N2OS. The summed E-state index contributed by atoms with van der Waals surface area (Å²) in [5.74, 6) is 0.220. The monoisotopic (exact) mass is 224 g/mol. The number of thiophene rings is 1. The highest BCUT2D eigenvalue weighted by molar-refractivity contribution is 7.07. The van der Waals surface area contributed by atoms with Crippen molar-refractivity contribution in [2.24, 2.45) is 0 Å². The third-order valence-corrected chi connectivity index (χ3v) is 3.62. The second-order valence-corrected chi connectivity index (χ2v) is 4.83. The van der Waals surface area contributed by atoms with Gasteiger partial charge in [-0.3, -0.25) is 10.1 Å². The smallest absolute Gasteiger partial charge is 0.239 e. The fourth-order valence-corrected chi connectivity index (χ4v) is 2.65. The third-order valence-electron chi connectivity index (χ3n) is 2.92. The Morgan fingerprint density at radius 2 is 2.47 bits per heavy atom. The van der Waals surface area contributed by atoms with E-state index >= 15 is 0 Å². The molecule has 4 heteroatoms. The third kappa shape index (κ3) is 2.21. The van der Waals surface area contributed by atoms with Crippen LogP contribution in [0.5, 0.6) is 0 Å². The largest absolute Gasteiger partial charge is 0.344 e. The van der Waals surface area contributed by atoms with E-state index in [2.05, 4.69) is 29.1 Å². The number of nitrogens with zero attached hydrogens (tertiary/aromatic N) is 1. The Morgan fingerprint density at radius 1 is 1.67 bits per heavy atom. The standard InChI is InChI=1S/C11H16N2OS/c1-8(9-4-6-15-7-9)12-10-3-5-13(2)11(10)14/h4,6-8,10,12H,3,5H2,1-2H3. The lowest BCUT2D eigenvalue weighted by atomic mass is 10.1. The van der Waals surface area contributed by atoms with E-state index in [4.69, 9.17) is 0 Å². The van der Waals surface area contributed by atoms with Crippen LogP contribution in [0.25, 0.3) is 0 Å². The van der Waals surface area contributed by atoms with Crippen molar-refractivity contribution in [3.8, 4) is 0 Å². The second-order valence-electron chi connectivity index (χ2n) is 4.05. The highest BCUT2D eigenvalue weighted by atomic mass is 32.1. The summed E-state index contributed by atoms with van der Waals surface area (Å²) in [7, 11) is 1.86. The van der Waals surface area contributed by atoms with Gasteiger partial charge in [0.1, 0.15) is 0 Å². The van der Waals surface area contributed by atoms with Crippen LogP contribution in [-0.4, -0.2) is 30.4 Å². The molecule has 2 heterocycles. The van der Waals surface area contributed by atoms with E-state index in [0.717, 1.165) is 13.0 Å². The summed E-state index contributed by atoms with van der Waals surface area (Å²) >= 11 is 1.69. The van der Waals surface area contributed by atoms with Crippen LogP contribution in [0.3, 0.4) is 0 Å². The van der Waals surface area contributed by atoms with Gasteiger partial charge in [0, 0.05) is 19.6 Å². The normalized spacial score (nSPS) is 23.5. The first kappa shape index (κ1) is 10.6. The zero-order valence-electron chi connectivity index (χ0n) is 9.06. The van der Waals surface area contributed by atoms with Gasteiger partial charge in [-0.25, -0.2) is 0 Å². The Morgan fingerprint density at radius 3 is 3.00 bits per heavy atom. The maximum atomic E-state index is 11.7. The number of rotatable bonds is 3. The Kier molecular flexibility index (Phi) is 3.07. The van der Waals surface area contributed by atoms with Crippen LogP contribution in [0, 0.1) is 0 Å². The second kappa shape index (κ2) is 4.33. The van der Waals surface area contributed by atoms with Gasteiger partial charge in [0.15, 0.2) is 0 Å². The van der Waals surface area contributed by atoms with Crippen molar-refractivity contribution >= 4 is 17.2 Å². The highest BCUT2D eigenvalue weighted by Crippen LogP contribution is 2.18. The summed E-state index contributed by atoms with van der Waals surface area (Å²) < 4.78 is 0. The van der Waals surface area contributed by atoms with Gasteiger partial charge >= 0.3 is 0 Å². The van der Waals surface area contributed by atoms with Gasteiger partial charge in [0.25, 0.3) is 0 Å². The predicted octanol–water partition coefficient (Wildman–Crippen LogP) is 1.63. The zero-order valence-corrected chi connectivity index (χ0v) is 9.88. The molecule has 1 aliphatic rings. The maximum absolute atomic E-state index is 11.7. The Hall–Kier alpha value is -0.870. The van der Waals surface area contributed by atoms with Crippen molar-refractivity contribution < 1.29 is 4.79 Å². The van der Waals surface area contributed by atoms with E-state index in [1.807, 2.05) is 7.05 Å². The summed E-state index contributed by atoms with van der Waals surface area (Å²) in [5.41, 5.74) is 1.27. The van der Waals surface area contributed by atoms with E-state index in [9.17, 15) is 4.79 Å². The van der Waals surface area contributed by atoms with Gasteiger partial charge < -0.3 is 4.90 Å². The van der Waals surface area contributed by atoms with Crippen LogP contribution >= 0.6 is 11.3 Å². The van der Waals surface area contributed by atoms with Gasteiger partial charge in [0.2, 0.25) is 5.91 Å². The molecule has 1 amide bonds. The Labute approximate surface area is 94.1 Å². The number of carbonyl (C=O) groups excluding carboxylic acids is 1. The molecule has 15 heavy (non-hydrogen) atoms. The summed E-state index contributed by atoms with van der Waals surface area (Å²) in [6.07, 6.45) is 0.920. The van der Waals surface area contributed by atoms with Crippen molar-refractivity contribution in [1.29, 1.82) is 0 Å². The van der Waals surface area contributed by atoms with Gasteiger partial charge in [-0.15, -0.1) is 0 Å². The molecule has 0 saturated carbocycles. The quantitative estimate of drug-likeness (QED) is 0.846. The van der Waals surface area contributed by atoms with E-state index in [1.54, 1.807) is 16.2 Å². The van der Waals surface area contributed by atoms with Gasteiger partial charge in [-0.05, 0) is 35.7 Å². The van der Waals surface area contributed by atoms with E-state index in [-0.39, 0.29) is 18.0 Å². The zero-order chi connectivity index (χ0) is 10.8. The molecule has 1 N–H and O–H groups in total. The van der Waals surface area contributed by atoms with Crippen LogP contribution < -0.4 is 5.32 Å². The minimum Gasteiger partial charge on any atom is -0.344 e. The van der Waals surface area contributed by atoms with Crippen LogP contribution in [-0.2, 0) is 4.79 Å². The van der Waals surface area contributed by atoms with E-state index in [0.29, 0.717) is 0 Å². The molecule has 3 nitrogen and oxygen atoms in total. The molecule has 2 rings (SSSR count). The number of likely N-dealkylation sites (tertiary alicyclic amines) is 1. The van der Waals surface area contributed by atoms with Crippen LogP contribution in [0.2, 0.25) is 0 Å². The molecule has 0 aromatic carbocycles. The molecule has 1 saturated heterocycles. The topological polar surface area (TPSA) is 32.3 Å². The molecule has 1 aromatic rings. The fourth-order valence-electron chi connectivity index (χ4n) is 1.90. The Bertz CT molecular complexity index is 336. The van der Waals surface area contributed by atoms with Crippen LogP contribution in [0.1, 0.15) is 24.9 Å². The molecule has 2 atom stereocenters. The molecule has 0 aliphatic carbocycles. The lowest BCUT2D eigenvalue weighted by Crippen LogP contribution is -2.38. The molecule has 0 radical (unpaired) electrons. The van der Waals surface area contributed by atoms with Crippen LogP contribution in [0.4, 0.5) is 0 Å². The van der Waals surface area contributed by atoms with E-state index in [1.165, 1.54) is 5.56 Å². The SMILES string of the molecule is CC(NC1CCN(C)C1=O)c1ccsc1. The van der Waals surface area contributed by atoms with Crippen molar-refractivity contribution in [1.82, 2.24) is 10.2 Å². The predicted molar refractivity (Wildman–Crippen MR) is 61.9 cm³/mol. The summed E-state index contributed by atoms with van der Waals surface area (Å²) in [5, 5.41) is 7.57. The summed E-state index contributed by atoms with van der Waals surface area (Å²) in [6.45, 7) is 2.97. The number of nitrogens with one attached hydrogen (secondary N) is 1. The molecule has 0 bridgehead atoms. The molecule has 1 aromatic heterocycles. The summed E-state index contributed by atoms with van der Waals surface area (Å²) in [6, 6.07) is 2.37.